The highest BCUT2D eigenvalue weighted by atomic mass is 32.1. The number of unbranched alkanes of at least 4 members (excludes halogenated alkanes) is 1. The summed E-state index contributed by atoms with van der Waals surface area (Å²) in [5.41, 5.74) is 1.36. The summed E-state index contributed by atoms with van der Waals surface area (Å²) in [7, 11) is 0. The number of hydrogen-bond donors (Lipinski definition) is 0. The molecular weight excluding hydrogens is 382 g/mol. The number of hydrogen-bond acceptors (Lipinski definition) is 5. The highest BCUT2D eigenvalue weighted by Gasteiger charge is 2.49. The molecule has 0 bridgehead atoms. The lowest BCUT2D eigenvalue weighted by atomic mass is 10.00. The van der Waals surface area contributed by atoms with E-state index in [0.717, 1.165) is 64.8 Å². The Bertz CT molecular complexity index is 880. The first-order valence-corrected chi connectivity index (χ1v) is 11.9. The van der Waals surface area contributed by atoms with Gasteiger partial charge in [-0.3, -0.25) is 19.4 Å². The first-order valence-electron chi connectivity index (χ1n) is 11.0. The van der Waals surface area contributed by atoms with Gasteiger partial charge in [-0.15, -0.1) is 11.3 Å². The molecule has 1 aromatic heterocycles. The largest absolute Gasteiger partial charge is 0.368 e. The number of thiophene rings is 1. The van der Waals surface area contributed by atoms with Crippen LogP contribution in [0.1, 0.15) is 32.1 Å². The van der Waals surface area contributed by atoms with Gasteiger partial charge in [-0.25, -0.2) is 0 Å². The standard InChI is InChI=1S/C23H29N3O2S/c27-22-17-5-3-6-18(17)23(28)26(22)11-2-1-10-24-12-14-25(15-13-24)20-7-4-8-21-19(20)9-16-29-21/h4,7-9,16-18H,1-3,5-6,10-15H2. The average Bonchev–Trinajstić information content (AvgIpc) is 3.46. The molecule has 2 atom stereocenters. The second kappa shape index (κ2) is 8.07. The van der Waals surface area contributed by atoms with Crippen molar-refractivity contribution >= 4 is 38.9 Å². The van der Waals surface area contributed by atoms with Gasteiger partial charge in [-0.2, -0.15) is 0 Å². The Kier molecular flexibility index (Phi) is 5.31. The van der Waals surface area contributed by atoms with Crippen LogP contribution < -0.4 is 4.90 Å². The van der Waals surface area contributed by atoms with Crippen molar-refractivity contribution in [3.63, 3.8) is 0 Å². The molecule has 3 aliphatic rings. The van der Waals surface area contributed by atoms with Crippen LogP contribution >= 0.6 is 11.3 Å². The molecule has 0 spiro atoms. The van der Waals surface area contributed by atoms with Crippen molar-refractivity contribution in [1.29, 1.82) is 0 Å². The van der Waals surface area contributed by atoms with Crippen molar-refractivity contribution < 1.29 is 9.59 Å². The van der Waals surface area contributed by atoms with Crippen molar-refractivity contribution in [1.82, 2.24) is 9.80 Å². The van der Waals surface area contributed by atoms with E-state index in [4.69, 9.17) is 0 Å². The molecule has 3 fully saturated rings. The summed E-state index contributed by atoms with van der Waals surface area (Å²) in [6.07, 6.45) is 4.83. The Morgan fingerprint density at radius 2 is 1.62 bits per heavy atom. The summed E-state index contributed by atoms with van der Waals surface area (Å²) >= 11 is 1.81. The van der Waals surface area contributed by atoms with Gasteiger partial charge in [-0.05, 0) is 55.8 Å². The fourth-order valence-electron chi connectivity index (χ4n) is 5.35. The third-order valence-corrected chi connectivity index (χ3v) is 7.86. The molecule has 1 saturated carbocycles. The van der Waals surface area contributed by atoms with Gasteiger partial charge >= 0.3 is 0 Å². The normalized spacial score (nSPS) is 25.4. The van der Waals surface area contributed by atoms with Gasteiger partial charge in [0.1, 0.15) is 0 Å². The molecule has 3 heterocycles. The van der Waals surface area contributed by atoms with Gasteiger partial charge in [-0.1, -0.05) is 12.5 Å². The van der Waals surface area contributed by atoms with Gasteiger partial charge in [0, 0.05) is 48.5 Å². The Labute approximate surface area is 176 Å². The van der Waals surface area contributed by atoms with Gasteiger partial charge in [0.05, 0.1) is 11.8 Å². The molecule has 6 heteroatoms. The van der Waals surface area contributed by atoms with E-state index in [1.807, 2.05) is 0 Å². The zero-order chi connectivity index (χ0) is 19.8. The van der Waals surface area contributed by atoms with Gasteiger partial charge < -0.3 is 4.90 Å². The van der Waals surface area contributed by atoms with Crippen LogP contribution in [-0.4, -0.2) is 60.9 Å². The molecule has 1 aliphatic carbocycles. The van der Waals surface area contributed by atoms with E-state index in [1.54, 1.807) is 16.2 Å². The number of likely N-dealkylation sites (tertiary alicyclic amines) is 1. The van der Waals surface area contributed by atoms with E-state index in [9.17, 15) is 9.59 Å². The molecule has 2 saturated heterocycles. The number of piperazine rings is 1. The van der Waals surface area contributed by atoms with Crippen molar-refractivity contribution in [3.8, 4) is 0 Å². The minimum Gasteiger partial charge on any atom is -0.368 e. The predicted molar refractivity (Wildman–Crippen MR) is 117 cm³/mol. The summed E-state index contributed by atoms with van der Waals surface area (Å²) < 4.78 is 1.36. The maximum absolute atomic E-state index is 12.4. The SMILES string of the molecule is O=C1C2CCCC2C(=O)N1CCCCN1CCN(c2cccc3sccc23)CC1. The number of rotatable bonds is 6. The second-order valence-electron chi connectivity index (χ2n) is 8.62. The lowest BCUT2D eigenvalue weighted by Crippen LogP contribution is -2.46. The monoisotopic (exact) mass is 411 g/mol. The van der Waals surface area contributed by atoms with Gasteiger partial charge in [0.15, 0.2) is 0 Å². The van der Waals surface area contributed by atoms with E-state index in [1.165, 1.54) is 15.8 Å². The summed E-state index contributed by atoms with van der Waals surface area (Å²) in [5, 5.41) is 3.55. The molecule has 2 amide bonds. The van der Waals surface area contributed by atoms with Crippen LogP contribution in [0.5, 0.6) is 0 Å². The number of imide groups is 1. The Morgan fingerprint density at radius 1 is 0.897 bits per heavy atom. The highest BCUT2D eigenvalue weighted by molar-refractivity contribution is 7.17. The smallest absolute Gasteiger partial charge is 0.233 e. The molecule has 5 rings (SSSR count). The minimum atomic E-state index is 0.00302. The van der Waals surface area contributed by atoms with E-state index >= 15 is 0 Å². The fourth-order valence-corrected chi connectivity index (χ4v) is 6.16. The molecule has 2 aromatic rings. The number of amides is 2. The van der Waals surface area contributed by atoms with Crippen LogP contribution in [0.4, 0.5) is 5.69 Å². The molecule has 2 aliphatic heterocycles. The highest BCUT2D eigenvalue weighted by Crippen LogP contribution is 2.39. The number of anilines is 1. The molecule has 154 valence electrons. The number of nitrogens with zero attached hydrogens (tertiary/aromatic N) is 3. The summed E-state index contributed by atoms with van der Waals surface area (Å²) in [6, 6.07) is 8.83. The lowest BCUT2D eigenvalue weighted by molar-refractivity contribution is -0.140. The molecule has 2 unspecified atom stereocenters. The number of fused-ring (bicyclic) bond motifs is 2. The maximum Gasteiger partial charge on any atom is 0.233 e. The summed E-state index contributed by atoms with van der Waals surface area (Å²) in [5.74, 6) is 0.217. The number of carbonyl (C=O) groups excluding carboxylic acids is 2. The quantitative estimate of drug-likeness (QED) is 0.538. The van der Waals surface area contributed by atoms with Crippen LogP contribution in [0.25, 0.3) is 10.1 Å². The maximum atomic E-state index is 12.4. The van der Waals surface area contributed by atoms with E-state index in [2.05, 4.69) is 39.4 Å². The van der Waals surface area contributed by atoms with Crippen LogP contribution in [-0.2, 0) is 9.59 Å². The van der Waals surface area contributed by atoms with Crippen molar-refractivity contribution in [2.24, 2.45) is 11.8 Å². The van der Waals surface area contributed by atoms with E-state index in [-0.39, 0.29) is 23.7 Å². The summed E-state index contributed by atoms with van der Waals surface area (Å²) in [6.45, 7) is 5.94. The Hall–Kier alpha value is -1.92. The number of carbonyl (C=O) groups is 2. The number of benzene rings is 1. The second-order valence-corrected chi connectivity index (χ2v) is 9.57. The topological polar surface area (TPSA) is 43.9 Å². The van der Waals surface area contributed by atoms with Gasteiger partial charge in [0.25, 0.3) is 0 Å². The van der Waals surface area contributed by atoms with Crippen molar-refractivity contribution in [2.75, 3.05) is 44.2 Å². The van der Waals surface area contributed by atoms with Gasteiger partial charge in [0.2, 0.25) is 11.8 Å². The van der Waals surface area contributed by atoms with Crippen molar-refractivity contribution in [2.45, 2.75) is 32.1 Å². The summed E-state index contributed by atoms with van der Waals surface area (Å²) in [4.78, 5) is 31.4. The van der Waals surface area contributed by atoms with Crippen LogP contribution in [0.3, 0.4) is 0 Å². The van der Waals surface area contributed by atoms with Crippen LogP contribution in [0.2, 0.25) is 0 Å². The first kappa shape index (κ1) is 19.1. The zero-order valence-corrected chi connectivity index (χ0v) is 17.7. The van der Waals surface area contributed by atoms with E-state index < -0.39 is 0 Å². The predicted octanol–water partition coefficient (Wildman–Crippen LogP) is 3.59. The third kappa shape index (κ3) is 3.57. The molecule has 0 radical (unpaired) electrons. The van der Waals surface area contributed by atoms with Crippen LogP contribution in [0, 0.1) is 11.8 Å². The van der Waals surface area contributed by atoms with Crippen molar-refractivity contribution in [3.05, 3.63) is 29.6 Å². The third-order valence-electron chi connectivity index (χ3n) is 6.97. The van der Waals surface area contributed by atoms with E-state index in [0.29, 0.717) is 6.54 Å². The fraction of sp³-hybridized carbons (Fsp3) is 0.565. The molecule has 29 heavy (non-hydrogen) atoms. The molecular formula is C23H29N3O2S. The zero-order valence-electron chi connectivity index (χ0n) is 16.9. The molecule has 1 aromatic carbocycles. The molecule has 5 nitrogen and oxygen atoms in total. The minimum absolute atomic E-state index is 0.00302. The molecule has 0 N–H and O–H groups in total. The Balaban J connectivity index is 1.07. The average molecular weight is 412 g/mol. The first-order chi connectivity index (χ1) is 14.2. The lowest BCUT2D eigenvalue weighted by Gasteiger charge is -2.36. The van der Waals surface area contributed by atoms with Crippen LogP contribution in [0.15, 0.2) is 29.6 Å². The Morgan fingerprint density at radius 3 is 2.38 bits per heavy atom.